The van der Waals surface area contributed by atoms with Gasteiger partial charge in [0, 0.05) is 42.8 Å². The van der Waals surface area contributed by atoms with E-state index in [1.807, 2.05) is 49.4 Å². The molecule has 29 heavy (non-hydrogen) atoms. The molecule has 0 spiro atoms. The van der Waals surface area contributed by atoms with E-state index in [9.17, 15) is 4.79 Å². The van der Waals surface area contributed by atoms with Crippen molar-refractivity contribution in [1.29, 1.82) is 0 Å². The number of piperazine rings is 1. The summed E-state index contributed by atoms with van der Waals surface area (Å²) < 4.78 is 0. The van der Waals surface area contributed by atoms with Crippen molar-refractivity contribution < 1.29 is 4.79 Å². The third-order valence-corrected chi connectivity index (χ3v) is 5.95. The van der Waals surface area contributed by atoms with Crippen LogP contribution in [-0.4, -0.2) is 53.4 Å². The molecular weight excluding hydrogens is 380 g/mol. The van der Waals surface area contributed by atoms with Crippen molar-refractivity contribution in [2.24, 2.45) is 0 Å². The van der Waals surface area contributed by atoms with Gasteiger partial charge in [0.1, 0.15) is 5.01 Å². The van der Waals surface area contributed by atoms with Crippen molar-refractivity contribution in [2.45, 2.75) is 13.5 Å². The van der Waals surface area contributed by atoms with Crippen LogP contribution in [-0.2, 0) is 11.3 Å². The first kappa shape index (κ1) is 19.8. The number of carbonyl (C=O) groups is 1. The molecule has 1 N–H and O–H groups in total. The summed E-state index contributed by atoms with van der Waals surface area (Å²) in [5.41, 5.74) is 4.23. The molecule has 3 aromatic rings. The topological polar surface area (TPSA) is 48.5 Å². The van der Waals surface area contributed by atoms with Gasteiger partial charge in [0.25, 0.3) is 0 Å². The zero-order valence-corrected chi connectivity index (χ0v) is 17.5. The molecule has 5 nitrogen and oxygen atoms in total. The molecule has 2 heterocycles. The summed E-state index contributed by atoms with van der Waals surface area (Å²) in [4.78, 5) is 21.8. The number of nitrogens with one attached hydrogen (secondary N) is 1. The van der Waals surface area contributed by atoms with Crippen LogP contribution in [0.3, 0.4) is 0 Å². The Morgan fingerprint density at radius 1 is 1.03 bits per heavy atom. The molecule has 0 bridgehead atoms. The first-order valence-electron chi connectivity index (χ1n) is 9.97. The molecule has 1 amide bonds. The van der Waals surface area contributed by atoms with E-state index in [1.54, 1.807) is 11.3 Å². The minimum atomic E-state index is 0.0523. The van der Waals surface area contributed by atoms with Gasteiger partial charge < -0.3 is 5.32 Å². The largest absolute Gasteiger partial charge is 0.325 e. The number of hydrogen-bond donors (Lipinski definition) is 1. The maximum absolute atomic E-state index is 12.3. The smallest absolute Gasteiger partial charge is 0.238 e. The second-order valence-electron chi connectivity index (χ2n) is 7.46. The van der Waals surface area contributed by atoms with Crippen LogP contribution in [0.4, 0.5) is 5.69 Å². The van der Waals surface area contributed by atoms with Crippen LogP contribution in [0.2, 0.25) is 0 Å². The summed E-state index contributed by atoms with van der Waals surface area (Å²) in [7, 11) is 0. The number of nitrogens with zero attached hydrogens (tertiary/aromatic N) is 3. The Morgan fingerprint density at radius 3 is 2.55 bits per heavy atom. The van der Waals surface area contributed by atoms with Crippen LogP contribution < -0.4 is 5.32 Å². The maximum atomic E-state index is 12.3. The standard InChI is InChI=1S/C23H26N4OS/c1-18-6-5-9-20(14-18)24-22(28)15-26-10-12-27(13-11-26)16-23-25-21(17-29-23)19-7-3-2-4-8-19/h2-9,14,17H,10-13,15-16H2,1H3,(H,24,28). The highest BCUT2D eigenvalue weighted by Gasteiger charge is 2.20. The summed E-state index contributed by atoms with van der Waals surface area (Å²) in [5.74, 6) is 0.0523. The molecule has 0 unspecified atom stereocenters. The van der Waals surface area contributed by atoms with Crippen LogP contribution in [0, 0.1) is 6.92 Å². The van der Waals surface area contributed by atoms with E-state index >= 15 is 0 Å². The van der Waals surface area contributed by atoms with Crippen LogP contribution in [0.5, 0.6) is 0 Å². The van der Waals surface area contributed by atoms with E-state index in [0.29, 0.717) is 6.54 Å². The molecule has 0 aliphatic carbocycles. The van der Waals surface area contributed by atoms with E-state index in [4.69, 9.17) is 4.98 Å². The molecule has 0 atom stereocenters. The van der Waals surface area contributed by atoms with E-state index in [1.165, 1.54) is 5.56 Å². The Balaban J connectivity index is 1.23. The fraction of sp³-hybridized carbons (Fsp3) is 0.304. The lowest BCUT2D eigenvalue weighted by atomic mass is 10.2. The normalized spacial score (nSPS) is 15.3. The Bertz CT molecular complexity index is 948. The first-order valence-corrected chi connectivity index (χ1v) is 10.8. The minimum Gasteiger partial charge on any atom is -0.325 e. The predicted molar refractivity (Wildman–Crippen MR) is 119 cm³/mol. The van der Waals surface area contributed by atoms with Gasteiger partial charge in [-0.25, -0.2) is 4.98 Å². The van der Waals surface area contributed by atoms with Crippen LogP contribution >= 0.6 is 11.3 Å². The molecule has 150 valence electrons. The molecule has 1 fully saturated rings. The van der Waals surface area contributed by atoms with Crippen molar-refractivity contribution in [3.05, 3.63) is 70.5 Å². The molecule has 2 aromatic carbocycles. The van der Waals surface area contributed by atoms with Crippen LogP contribution in [0.15, 0.2) is 60.0 Å². The summed E-state index contributed by atoms with van der Waals surface area (Å²) >= 11 is 1.72. The SMILES string of the molecule is Cc1cccc(NC(=O)CN2CCN(Cc3nc(-c4ccccc4)cs3)CC2)c1. The number of anilines is 1. The Kier molecular flexibility index (Phi) is 6.34. The molecule has 6 heteroatoms. The number of benzene rings is 2. The highest BCUT2D eigenvalue weighted by molar-refractivity contribution is 7.09. The van der Waals surface area contributed by atoms with Crippen molar-refractivity contribution in [2.75, 3.05) is 38.0 Å². The second-order valence-corrected chi connectivity index (χ2v) is 8.41. The molecule has 1 saturated heterocycles. The van der Waals surface area contributed by atoms with E-state index in [0.717, 1.165) is 54.7 Å². The van der Waals surface area contributed by atoms with Crippen molar-refractivity contribution in [3.8, 4) is 11.3 Å². The Labute approximate surface area is 176 Å². The van der Waals surface area contributed by atoms with Gasteiger partial charge in [-0.1, -0.05) is 42.5 Å². The number of hydrogen-bond acceptors (Lipinski definition) is 5. The van der Waals surface area contributed by atoms with E-state index < -0.39 is 0 Å². The lowest BCUT2D eigenvalue weighted by Crippen LogP contribution is -2.48. The quantitative estimate of drug-likeness (QED) is 0.675. The number of rotatable bonds is 6. The highest BCUT2D eigenvalue weighted by atomic mass is 32.1. The van der Waals surface area contributed by atoms with Gasteiger partial charge in [-0.15, -0.1) is 11.3 Å². The van der Waals surface area contributed by atoms with E-state index in [-0.39, 0.29) is 5.91 Å². The summed E-state index contributed by atoms with van der Waals surface area (Å²) in [6.45, 7) is 7.06. The average molecular weight is 407 g/mol. The van der Waals surface area contributed by atoms with Gasteiger partial charge in [0.05, 0.1) is 18.8 Å². The number of thiazole rings is 1. The summed E-state index contributed by atoms with van der Waals surface area (Å²) in [5, 5.41) is 6.28. The van der Waals surface area contributed by atoms with Gasteiger partial charge in [-0.3, -0.25) is 14.6 Å². The van der Waals surface area contributed by atoms with E-state index in [2.05, 4.69) is 32.6 Å². The Hall–Kier alpha value is -2.54. The van der Waals surface area contributed by atoms with Crippen molar-refractivity contribution in [1.82, 2.24) is 14.8 Å². The zero-order valence-electron chi connectivity index (χ0n) is 16.7. The van der Waals surface area contributed by atoms with Crippen LogP contribution in [0.25, 0.3) is 11.3 Å². The molecule has 0 saturated carbocycles. The third-order valence-electron chi connectivity index (χ3n) is 5.11. The number of aromatic nitrogens is 1. The summed E-state index contributed by atoms with van der Waals surface area (Å²) in [6.07, 6.45) is 0. The zero-order chi connectivity index (χ0) is 20.1. The van der Waals surface area contributed by atoms with Gasteiger partial charge in [-0.05, 0) is 24.6 Å². The minimum absolute atomic E-state index is 0.0523. The molecule has 1 aliphatic rings. The molecule has 1 aliphatic heterocycles. The highest BCUT2D eigenvalue weighted by Crippen LogP contribution is 2.22. The van der Waals surface area contributed by atoms with Crippen molar-refractivity contribution in [3.63, 3.8) is 0 Å². The third kappa shape index (κ3) is 5.50. The van der Waals surface area contributed by atoms with Gasteiger partial charge in [0.15, 0.2) is 0 Å². The number of carbonyl (C=O) groups excluding carboxylic acids is 1. The number of aryl methyl sites for hydroxylation is 1. The second kappa shape index (κ2) is 9.31. The predicted octanol–water partition coefficient (Wildman–Crippen LogP) is 3.87. The molecule has 1 aromatic heterocycles. The first-order chi connectivity index (χ1) is 14.2. The molecule has 4 rings (SSSR count). The van der Waals surface area contributed by atoms with Gasteiger partial charge in [-0.2, -0.15) is 0 Å². The fourth-order valence-corrected chi connectivity index (χ4v) is 4.39. The lowest BCUT2D eigenvalue weighted by molar-refractivity contribution is -0.117. The van der Waals surface area contributed by atoms with Gasteiger partial charge in [0.2, 0.25) is 5.91 Å². The molecular formula is C23H26N4OS. The summed E-state index contributed by atoms with van der Waals surface area (Å²) in [6, 6.07) is 18.2. The fourth-order valence-electron chi connectivity index (χ4n) is 3.55. The lowest BCUT2D eigenvalue weighted by Gasteiger charge is -2.33. The number of amides is 1. The van der Waals surface area contributed by atoms with Crippen molar-refractivity contribution >= 4 is 22.9 Å². The maximum Gasteiger partial charge on any atom is 0.238 e. The molecule has 0 radical (unpaired) electrons. The Morgan fingerprint density at radius 2 is 1.79 bits per heavy atom. The monoisotopic (exact) mass is 406 g/mol. The average Bonchev–Trinajstić information content (AvgIpc) is 3.19. The van der Waals surface area contributed by atoms with Gasteiger partial charge >= 0.3 is 0 Å². The van der Waals surface area contributed by atoms with Crippen LogP contribution in [0.1, 0.15) is 10.6 Å².